The van der Waals surface area contributed by atoms with E-state index in [0.29, 0.717) is 6.10 Å². The van der Waals surface area contributed by atoms with Crippen molar-refractivity contribution in [1.29, 1.82) is 0 Å². The van der Waals surface area contributed by atoms with Crippen LogP contribution in [0.2, 0.25) is 0 Å². The summed E-state index contributed by atoms with van der Waals surface area (Å²) in [6.07, 6.45) is 6.07. The molecule has 112 valence electrons. The van der Waals surface area contributed by atoms with E-state index < -0.39 is 0 Å². The van der Waals surface area contributed by atoms with Crippen LogP contribution in [0, 0.1) is 0 Å². The number of hydrazine groups is 1. The number of nitrogens with zero attached hydrogens (tertiary/aromatic N) is 1. The van der Waals surface area contributed by atoms with Crippen LogP contribution < -0.4 is 11.3 Å². The molecule has 0 saturated carbocycles. The molecule has 2 heterocycles. The average molecular weight is 285 g/mol. The normalized spacial score (nSPS) is 20.0. The first-order valence-corrected chi connectivity index (χ1v) is 7.80. The highest BCUT2D eigenvalue weighted by molar-refractivity contribution is 5.78. The van der Waals surface area contributed by atoms with Gasteiger partial charge in [0.25, 0.3) is 0 Å². The number of ether oxygens (including phenoxy) is 1. The zero-order valence-electron chi connectivity index (χ0n) is 12.3. The van der Waals surface area contributed by atoms with Crippen LogP contribution in [-0.2, 0) is 4.74 Å². The third kappa shape index (κ3) is 3.59. The van der Waals surface area contributed by atoms with Crippen molar-refractivity contribution in [3.8, 4) is 0 Å². The quantitative estimate of drug-likeness (QED) is 0.632. The summed E-state index contributed by atoms with van der Waals surface area (Å²) >= 11 is 0. The molecule has 2 aromatic rings. The molecule has 1 aromatic carbocycles. The fourth-order valence-corrected chi connectivity index (χ4v) is 3.01. The van der Waals surface area contributed by atoms with Gasteiger partial charge < -0.3 is 4.74 Å². The van der Waals surface area contributed by atoms with Crippen molar-refractivity contribution in [1.82, 2.24) is 10.4 Å². The maximum absolute atomic E-state index is 5.72. The molecule has 2 atom stereocenters. The highest BCUT2D eigenvalue weighted by Gasteiger charge is 2.17. The summed E-state index contributed by atoms with van der Waals surface area (Å²) in [6.45, 7) is 0.926. The molecular weight excluding hydrogens is 262 g/mol. The topological polar surface area (TPSA) is 60.2 Å². The molecule has 0 aliphatic carbocycles. The van der Waals surface area contributed by atoms with Gasteiger partial charge in [0.1, 0.15) is 0 Å². The molecule has 21 heavy (non-hydrogen) atoms. The van der Waals surface area contributed by atoms with Crippen molar-refractivity contribution in [2.75, 3.05) is 6.61 Å². The van der Waals surface area contributed by atoms with Crippen molar-refractivity contribution in [2.24, 2.45) is 5.84 Å². The second-order valence-electron chi connectivity index (χ2n) is 5.71. The molecule has 1 aromatic heterocycles. The molecule has 4 heteroatoms. The van der Waals surface area contributed by atoms with Gasteiger partial charge in [0.05, 0.1) is 23.4 Å². The molecule has 1 aliphatic heterocycles. The number of nitrogens with one attached hydrogen (secondary N) is 1. The third-order valence-corrected chi connectivity index (χ3v) is 4.22. The van der Waals surface area contributed by atoms with Gasteiger partial charge >= 0.3 is 0 Å². The lowest BCUT2D eigenvalue weighted by Crippen LogP contribution is -2.28. The van der Waals surface area contributed by atoms with Crippen LogP contribution in [-0.4, -0.2) is 17.7 Å². The number of fused-ring (bicyclic) bond motifs is 1. The van der Waals surface area contributed by atoms with Crippen LogP contribution >= 0.6 is 0 Å². The number of para-hydroxylation sites is 1. The van der Waals surface area contributed by atoms with Crippen molar-refractivity contribution in [3.63, 3.8) is 0 Å². The zero-order valence-corrected chi connectivity index (χ0v) is 12.3. The SMILES string of the molecule is NNC(CCCC1CCCO1)c1ccc2ccccc2n1. The van der Waals surface area contributed by atoms with E-state index >= 15 is 0 Å². The molecule has 0 spiro atoms. The van der Waals surface area contributed by atoms with E-state index in [1.807, 2.05) is 18.2 Å². The zero-order chi connectivity index (χ0) is 14.5. The Morgan fingerprint density at radius 3 is 3.00 bits per heavy atom. The molecule has 2 unspecified atom stereocenters. The lowest BCUT2D eigenvalue weighted by molar-refractivity contribution is 0.101. The number of benzene rings is 1. The van der Waals surface area contributed by atoms with Gasteiger partial charge in [-0.1, -0.05) is 24.3 Å². The van der Waals surface area contributed by atoms with E-state index in [1.54, 1.807) is 0 Å². The summed E-state index contributed by atoms with van der Waals surface area (Å²) in [7, 11) is 0. The Balaban J connectivity index is 1.63. The van der Waals surface area contributed by atoms with Crippen LogP contribution in [0.1, 0.15) is 43.8 Å². The minimum absolute atomic E-state index is 0.107. The second kappa shape index (κ2) is 6.98. The molecule has 1 aliphatic rings. The lowest BCUT2D eigenvalue weighted by Gasteiger charge is -2.17. The fraction of sp³-hybridized carbons (Fsp3) is 0.471. The highest BCUT2D eigenvalue weighted by atomic mass is 16.5. The standard InChI is InChI=1S/C17H23N3O/c18-20-17(9-3-6-14-7-4-12-21-14)16-11-10-13-5-1-2-8-15(13)19-16/h1-2,5,8,10-11,14,17,20H,3-4,6-7,9,12,18H2. The maximum atomic E-state index is 5.72. The van der Waals surface area contributed by atoms with E-state index in [2.05, 4.69) is 23.6 Å². The first-order valence-electron chi connectivity index (χ1n) is 7.80. The smallest absolute Gasteiger partial charge is 0.0706 e. The van der Waals surface area contributed by atoms with Crippen LogP contribution in [0.25, 0.3) is 10.9 Å². The first kappa shape index (κ1) is 14.4. The van der Waals surface area contributed by atoms with Gasteiger partial charge in [-0.3, -0.25) is 16.3 Å². The van der Waals surface area contributed by atoms with Crippen molar-refractivity contribution >= 4 is 10.9 Å². The third-order valence-electron chi connectivity index (χ3n) is 4.22. The van der Waals surface area contributed by atoms with E-state index in [4.69, 9.17) is 15.6 Å². The van der Waals surface area contributed by atoms with E-state index in [9.17, 15) is 0 Å². The molecule has 1 fully saturated rings. The summed E-state index contributed by atoms with van der Waals surface area (Å²) < 4.78 is 5.66. The monoisotopic (exact) mass is 285 g/mol. The van der Waals surface area contributed by atoms with Crippen LogP contribution in [0.15, 0.2) is 36.4 Å². The van der Waals surface area contributed by atoms with E-state index in [1.165, 1.54) is 12.8 Å². The Bertz CT molecular complexity index is 581. The minimum Gasteiger partial charge on any atom is -0.378 e. The largest absolute Gasteiger partial charge is 0.378 e. The summed E-state index contributed by atoms with van der Waals surface area (Å²) in [5.74, 6) is 5.72. The fourth-order valence-electron chi connectivity index (χ4n) is 3.01. The number of aromatic nitrogens is 1. The van der Waals surface area contributed by atoms with Crippen molar-refractivity contribution in [3.05, 3.63) is 42.1 Å². The lowest BCUT2D eigenvalue weighted by atomic mass is 10.0. The second-order valence-corrected chi connectivity index (χ2v) is 5.71. The number of nitrogens with two attached hydrogens (primary N) is 1. The molecule has 0 radical (unpaired) electrons. The van der Waals surface area contributed by atoms with Crippen molar-refractivity contribution in [2.45, 2.75) is 44.2 Å². The Morgan fingerprint density at radius 2 is 2.19 bits per heavy atom. The van der Waals surface area contributed by atoms with Gasteiger partial charge in [-0.25, -0.2) is 0 Å². The summed E-state index contributed by atoms with van der Waals surface area (Å²) in [5, 5.41) is 1.16. The Hall–Kier alpha value is -1.49. The number of rotatable bonds is 6. The first-order chi connectivity index (χ1) is 10.4. The van der Waals surface area contributed by atoms with Crippen LogP contribution in [0.4, 0.5) is 0 Å². The van der Waals surface area contributed by atoms with Crippen LogP contribution in [0.5, 0.6) is 0 Å². The number of hydrogen-bond acceptors (Lipinski definition) is 4. The van der Waals surface area contributed by atoms with Gasteiger partial charge in [-0.15, -0.1) is 0 Å². The van der Waals surface area contributed by atoms with Gasteiger partial charge in [0.15, 0.2) is 0 Å². The van der Waals surface area contributed by atoms with Gasteiger partial charge in [-0.05, 0) is 44.2 Å². The number of hydrogen-bond donors (Lipinski definition) is 2. The minimum atomic E-state index is 0.107. The predicted molar refractivity (Wildman–Crippen MR) is 84.6 cm³/mol. The molecule has 3 rings (SSSR count). The molecular formula is C17H23N3O. The van der Waals surface area contributed by atoms with Gasteiger partial charge in [0.2, 0.25) is 0 Å². The van der Waals surface area contributed by atoms with E-state index in [-0.39, 0.29) is 6.04 Å². The Labute approximate surface area is 125 Å². The summed E-state index contributed by atoms with van der Waals surface area (Å²) in [6, 6.07) is 12.5. The average Bonchev–Trinajstić information content (AvgIpc) is 3.04. The highest BCUT2D eigenvalue weighted by Crippen LogP contribution is 2.23. The Morgan fingerprint density at radius 1 is 1.29 bits per heavy atom. The van der Waals surface area contributed by atoms with Gasteiger partial charge in [-0.2, -0.15) is 0 Å². The van der Waals surface area contributed by atoms with Gasteiger partial charge in [0, 0.05) is 12.0 Å². The number of pyridine rings is 1. The van der Waals surface area contributed by atoms with E-state index in [0.717, 1.165) is 42.5 Å². The molecule has 1 saturated heterocycles. The summed E-state index contributed by atoms with van der Waals surface area (Å²) in [5.41, 5.74) is 4.94. The molecule has 0 amide bonds. The van der Waals surface area contributed by atoms with Crippen LogP contribution in [0.3, 0.4) is 0 Å². The molecule has 4 nitrogen and oxygen atoms in total. The molecule has 3 N–H and O–H groups in total. The Kier molecular flexibility index (Phi) is 4.80. The summed E-state index contributed by atoms with van der Waals surface area (Å²) in [4.78, 5) is 4.72. The molecule has 0 bridgehead atoms. The maximum Gasteiger partial charge on any atom is 0.0706 e. The predicted octanol–water partition coefficient (Wildman–Crippen LogP) is 3.09. The van der Waals surface area contributed by atoms with Crippen molar-refractivity contribution < 1.29 is 4.74 Å².